The average molecular weight is 291 g/mol. The SMILES string of the molecule is CC(C)(C)OC(=O)C1(O)C(=O)CCN1Cc1ccccc1. The van der Waals surface area contributed by atoms with Crippen LogP contribution in [0.25, 0.3) is 0 Å². The topological polar surface area (TPSA) is 66.8 Å². The van der Waals surface area contributed by atoms with Gasteiger partial charge in [-0.25, -0.2) is 4.79 Å². The van der Waals surface area contributed by atoms with Gasteiger partial charge in [-0.2, -0.15) is 0 Å². The number of carbonyl (C=O) groups excluding carboxylic acids is 2. The Bertz CT molecular complexity index is 535. The summed E-state index contributed by atoms with van der Waals surface area (Å²) in [6.07, 6.45) is 0.141. The number of aliphatic hydroxyl groups is 1. The summed E-state index contributed by atoms with van der Waals surface area (Å²) >= 11 is 0. The van der Waals surface area contributed by atoms with Crippen molar-refractivity contribution in [2.75, 3.05) is 6.54 Å². The predicted molar refractivity (Wildman–Crippen MR) is 77.3 cm³/mol. The number of esters is 1. The van der Waals surface area contributed by atoms with Gasteiger partial charge in [-0.15, -0.1) is 0 Å². The van der Waals surface area contributed by atoms with Crippen LogP contribution in [0.1, 0.15) is 32.8 Å². The summed E-state index contributed by atoms with van der Waals surface area (Å²) in [6.45, 7) is 5.77. The van der Waals surface area contributed by atoms with Crippen LogP contribution in [0.2, 0.25) is 0 Å². The van der Waals surface area contributed by atoms with Gasteiger partial charge in [0, 0.05) is 19.5 Å². The molecule has 0 bridgehead atoms. The van der Waals surface area contributed by atoms with Crippen molar-refractivity contribution in [2.45, 2.75) is 45.1 Å². The van der Waals surface area contributed by atoms with Gasteiger partial charge < -0.3 is 9.84 Å². The highest BCUT2D eigenvalue weighted by atomic mass is 16.6. The third kappa shape index (κ3) is 3.31. The Morgan fingerprint density at radius 3 is 2.52 bits per heavy atom. The summed E-state index contributed by atoms with van der Waals surface area (Å²) in [5.41, 5.74) is -2.01. The summed E-state index contributed by atoms with van der Waals surface area (Å²) in [6, 6.07) is 9.41. The molecule has 1 atom stereocenters. The van der Waals surface area contributed by atoms with Crippen molar-refractivity contribution < 1.29 is 19.4 Å². The van der Waals surface area contributed by atoms with E-state index < -0.39 is 23.1 Å². The van der Waals surface area contributed by atoms with E-state index in [1.807, 2.05) is 30.3 Å². The Hall–Kier alpha value is -1.72. The second-order valence-electron chi connectivity index (χ2n) is 6.25. The van der Waals surface area contributed by atoms with Crippen LogP contribution < -0.4 is 0 Å². The lowest BCUT2D eigenvalue weighted by atomic mass is 10.1. The lowest BCUT2D eigenvalue weighted by molar-refractivity contribution is -0.195. The first-order chi connectivity index (χ1) is 9.73. The van der Waals surface area contributed by atoms with Crippen LogP contribution in [0, 0.1) is 0 Å². The van der Waals surface area contributed by atoms with Crippen LogP contribution in [0.15, 0.2) is 30.3 Å². The molecule has 0 saturated carbocycles. The fraction of sp³-hybridized carbons (Fsp3) is 0.500. The molecule has 1 aromatic rings. The minimum Gasteiger partial charge on any atom is -0.456 e. The largest absolute Gasteiger partial charge is 0.456 e. The van der Waals surface area contributed by atoms with E-state index in [2.05, 4.69) is 0 Å². The van der Waals surface area contributed by atoms with Crippen molar-refractivity contribution in [1.29, 1.82) is 0 Å². The number of carbonyl (C=O) groups is 2. The maximum absolute atomic E-state index is 12.3. The number of nitrogens with zero attached hydrogens (tertiary/aromatic N) is 1. The van der Waals surface area contributed by atoms with E-state index in [9.17, 15) is 14.7 Å². The minimum absolute atomic E-state index is 0.141. The quantitative estimate of drug-likeness (QED) is 0.675. The summed E-state index contributed by atoms with van der Waals surface area (Å²) in [7, 11) is 0. The highest BCUT2D eigenvalue weighted by molar-refractivity contribution is 6.08. The Morgan fingerprint density at radius 2 is 1.95 bits per heavy atom. The second kappa shape index (κ2) is 5.58. The van der Waals surface area contributed by atoms with E-state index >= 15 is 0 Å². The molecular formula is C16H21NO4. The Labute approximate surface area is 124 Å². The first-order valence-electron chi connectivity index (χ1n) is 7.01. The molecule has 1 unspecified atom stereocenters. The first kappa shape index (κ1) is 15.7. The maximum Gasteiger partial charge on any atom is 0.362 e. The van der Waals surface area contributed by atoms with E-state index in [-0.39, 0.29) is 6.42 Å². The summed E-state index contributed by atoms with van der Waals surface area (Å²) in [4.78, 5) is 25.8. The molecule has 5 nitrogen and oxygen atoms in total. The van der Waals surface area contributed by atoms with Crippen molar-refractivity contribution in [3.05, 3.63) is 35.9 Å². The number of rotatable bonds is 3. The van der Waals surface area contributed by atoms with Gasteiger partial charge in [-0.05, 0) is 26.3 Å². The van der Waals surface area contributed by atoms with Gasteiger partial charge >= 0.3 is 5.97 Å². The van der Waals surface area contributed by atoms with Gasteiger partial charge in [-0.1, -0.05) is 30.3 Å². The molecule has 1 fully saturated rings. The number of ether oxygens (including phenoxy) is 1. The molecule has 0 aromatic heterocycles. The molecule has 21 heavy (non-hydrogen) atoms. The molecular weight excluding hydrogens is 270 g/mol. The van der Waals surface area contributed by atoms with Crippen molar-refractivity contribution in [3.8, 4) is 0 Å². The number of hydrogen-bond donors (Lipinski definition) is 1. The molecule has 2 rings (SSSR count). The second-order valence-corrected chi connectivity index (χ2v) is 6.25. The average Bonchev–Trinajstić information content (AvgIpc) is 2.67. The molecule has 1 N–H and O–H groups in total. The molecule has 114 valence electrons. The first-order valence-corrected chi connectivity index (χ1v) is 7.01. The molecule has 1 aliphatic rings. The molecule has 0 amide bonds. The molecule has 0 aliphatic carbocycles. The normalized spacial score (nSPS) is 23.3. The fourth-order valence-electron chi connectivity index (χ4n) is 2.34. The summed E-state index contributed by atoms with van der Waals surface area (Å²) in [5, 5.41) is 10.6. The number of Topliss-reactive ketones (excluding diaryl/α,β-unsaturated/α-hetero) is 1. The highest BCUT2D eigenvalue weighted by Gasteiger charge is 2.55. The Morgan fingerprint density at radius 1 is 1.33 bits per heavy atom. The van der Waals surface area contributed by atoms with Crippen LogP contribution in [-0.4, -0.2) is 39.6 Å². The summed E-state index contributed by atoms with van der Waals surface area (Å²) < 4.78 is 5.21. The highest BCUT2D eigenvalue weighted by Crippen LogP contribution is 2.28. The van der Waals surface area contributed by atoms with Crippen LogP contribution >= 0.6 is 0 Å². The molecule has 1 aromatic carbocycles. The van der Waals surface area contributed by atoms with Gasteiger partial charge in [0.25, 0.3) is 5.72 Å². The van der Waals surface area contributed by atoms with Crippen LogP contribution in [0.5, 0.6) is 0 Å². The van der Waals surface area contributed by atoms with E-state index in [0.29, 0.717) is 13.1 Å². The Kier molecular flexibility index (Phi) is 4.16. The van der Waals surface area contributed by atoms with Crippen molar-refractivity contribution in [1.82, 2.24) is 4.90 Å². The zero-order valence-corrected chi connectivity index (χ0v) is 12.6. The molecule has 0 spiro atoms. The number of ketones is 1. The molecule has 5 heteroatoms. The van der Waals surface area contributed by atoms with Crippen LogP contribution in [0.3, 0.4) is 0 Å². The van der Waals surface area contributed by atoms with E-state index in [0.717, 1.165) is 5.56 Å². The standard InChI is InChI=1S/C16H21NO4/c1-15(2,3)21-14(19)16(20)13(18)9-10-17(16)11-12-7-5-4-6-8-12/h4-8,20H,9-11H2,1-3H3. The van der Waals surface area contributed by atoms with Gasteiger partial charge in [0.05, 0.1) is 0 Å². The molecule has 0 radical (unpaired) electrons. The van der Waals surface area contributed by atoms with Crippen LogP contribution in [0.4, 0.5) is 0 Å². The van der Waals surface area contributed by atoms with E-state index in [4.69, 9.17) is 4.74 Å². The number of hydrogen-bond acceptors (Lipinski definition) is 5. The predicted octanol–water partition coefficient (Wildman–Crippen LogP) is 1.49. The van der Waals surface area contributed by atoms with E-state index in [1.165, 1.54) is 4.90 Å². The minimum atomic E-state index is -2.18. The van der Waals surface area contributed by atoms with Gasteiger partial charge in [0.1, 0.15) is 5.60 Å². The van der Waals surface area contributed by atoms with Crippen LogP contribution in [-0.2, 0) is 20.9 Å². The van der Waals surface area contributed by atoms with Crippen molar-refractivity contribution in [3.63, 3.8) is 0 Å². The lowest BCUT2D eigenvalue weighted by Crippen LogP contribution is -2.56. The fourth-order valence-corrected chi connectivity index (χ4v) is 2.34. The zero-order chi connectivity index (χ0) is 15.7. The van der Waals surface area contributed by atoms with Crippen molar-refractivity contribution >= 4 is 11.8 Å². The smallest absolute Gasteiger partial charge is 0.362 e. The third-order valence-electron chi connectivity index (χ3n) is 3.36. The molecule has 1 aliphatic heterocycles. The number of benzene rings is 1. The Balaban J connectivity index is 2.21. The number of likely N-dealkylation sites (tertiary alicyclic amines) is 1. The lowest BCUT2D eigenvalue weighted by Gasteiger charge is -2.32. The van der Waals surface area contributed by atoms with Gasteiger partial charge in [0.2, 0.25) is 0 Å². The molecule has 1 heterocycles. The maximum atomic E-state index is 12.3. The van der Waals surface area contributed by atoms with E-state index in [1.54, 1.807) is 20.8 Å². The monoisotopic (exact) mass is 291 g/mol. The van der Waals surface area contributed by atoms with Gasteiger partial charge in [-0.3, -0.25) is 9.69 Å². The molecule has 1 saturated heterocycles. The summed E-state index contributed by atoms with van der Waals surface area (Å²) in [5.74, 6) is -1.40. The third-order valence-corrected chi connectivity index (χ3v) is 3.36. The van der Waals surface area contributed by atoms with Gasteiger partial charge in [0.15, 0.2) is 5.78 Å². The van der Waals surface area contributed by atoms with Crippen molar-refractivity contribution in [2.24, 2.45) is 0 Å². The zero-order valence-electron chi connectivity index (χ0n) is 12.6.